The lowest BCUT2D eigenvalue weighted by molar-refractivity contribution is 0.0988. The van der Waals surface area contributed by atoms with Crippen molar-refractivity contribution in [3.05, 3.63) is 46.8 Å². The SMILES string of the molecule is Cc1cc(C(=O)Nc2cc(C#N)ccc2C)on1. The summed E-state index contributed by atoms with van der Waals surface area (Å²) in [5.41, 5.74) is 2.60. The van der Waals surface area contributed by atoms with Crippen LogP contribution in [0.5, 0.6) is 0 Å². The molecule has 0 radical (unpaired) electrons. The molecule has 0 aliphatic carbocycles. The van der Waals surface area contributed by atoms with Gasteiger partial charge in [-0.1, -0.05) is 11.2 Å². The van der Waals surface area contributed by atoms with Gasteiger partial charge in [0.2, 0.25) is 5.76 Å². The number of nitriles is 1. The fourth-order valence-corrected chi connectivity index (χ4v) is 1.48. The molecule has 1 amide bonds. The Morgan fingerprint density at radius 1 is 1.39 bits per heavy atom. The first-order valence-corrected chi connectivity index (χ1v) is 5.35. The van der Waals surface area contributed by atoms with Gasteiger partial charge in [-0.05, 0) is 31.5 Å². The van der Waals surface area contributed by atoms with Crippen molar-refractivity contribution in [3.63, 3.8) is 0 Å². The van der Waals surface area contributed by atoms with Crippen molar-refractivity contribution in [2.24, 2.45) is 0 Å². The molecule has 2 aromatic rings. The lowest BCUT2D eigenvalue weighted by Gasteiger charge is -2.06. The molecule has 5 heteroatoms. The van der Waals surface area contributed by atoms with Crippen LogP contribution in [-0.4, -0.2) is 11.1 Å². The molecule has 0 unspecified atom stereocenters. The first-order chi connectivity index (χ1) is 8.60. The minimum atomic E-state index is -0.381. The fourth-order valence-electron chi connectivity index (χ4n) is 1.48. The van der Waals surface area contributed by atoms with E-state index in [0.717, 1.165) is 5.56 Å². The highest BCUT2D eigenvalue weighted by molar-refractivity contribution is 6.02. The second-order valence-corrected chi connectivity index (χ2v) is 3.93. The van der Waals surface area contributed by atoms with Crippen LogP contribution in [0.1, 0.15) is 27.4 Å². The molecule has 90 valence electrons. The summed E-state index contributed by atoms with van der Waals surface area (Å²) in [6.07, 6.45) is 0. The molecule has 0 fully saturated rings. The highest BCUT2D eigenvalue weighted by atomic mass is 16.5. The zero-order chi connectivity index (χ0) is 13.1. The smallest absolute Gasteiger partial charge is 0.294 e. The van der Waals surface area contributed by atoms with Crippen LogP contribution < -0.4 is 5.32 Å². The number of nitrogens with zero attached hydrogens (tertiary/aromatic N) is 2. The van der Waals surface area contributed by atoms with E-state index in [2.05, 4.69) is 10.5 Å². The highest BCUT2D eigenvalue weighted by Gasteiger charge is 2.13. The summed E-state index contributed by atoms with van der Waals surface area (Å²) >= 11 is 0. The molecular weight excluding hydrogens is 230 g/mol. The van der Waals surface area contributed by atoms with Gasteiger partial charge in [-0.15, -0.1) is 0 Å². The molecule has 18 heavy (non-hydrogen) atoms. The number of aryl methyl sites for hydroxylation is 2. The van der Waals surface area contributed by atoms with Crippen molar-refractivity contribution in [2.45, 2.75) is 13.8 Å². The van der Waals surface area contributed by atoms with Gasteiger partial charge >= 0.3 is 0 Å². The van der Waals surface area contributed by atoms with Gasteiger partial charge in [0.15, 0.2) is 0 Å². The van der Waals surface area contributed by atoms with Crippen LogP contribution in [0.3, 0.4) is 0 Å². The van der Waals surface area contributed by atoms with Crippen molar-refractivity contribution >= 4 is 11.6 Å². The molecule has 0 aliphatic heterocycles. The van der Waals surface area contributed by atoms with Crippen LogP contribution in [0.15, 0.2) is 28.8 Å². The highest BCUT2D eigenvalue weighted by Crippen LogP contribution is 2.17. The van der Waals surface area contributed by atoms with Crippen molar-refractivity contribution in [1.82, 2.24) is 5.16 Å². The van der Waals surface area contributed by atoms with Crippen LogP contribution in [0.4, 0.5) is 5.69 Å². The number of carbonyl (C=O) groups is 1. The van der Waals surface area contributed by atoms with E-state index in [1.165, 1.54) is 0 Å². The number of amides is 1. The van der Waals surface area contributed by atoms with E-state index in [4.69, 9.17) is 9.78 Å². The number of rotatable bonds is 2. The molecule has 0 saturated heterocycles. The zero-order valence-corrected chi connectivity index (χ0v) is 10.0. The Balaban J connectivity index is 2.24. The summed E-state index contributed by atoms with van der Waals surface area (Å²) < 4.78 is 4.87. The second-order valence-electron chi connectivity index (χ2n) is 3.93. The lowest BCUT2D eigenvalue weighted by Crippen LogP contribution is -2.12. The van der Waals surface area contributed by atoms with E-state index >= 15 is 0 Å². The van der Waals surface area contributed by atoms with E-state index in [9.17, 15) is 4.79 Å². The Kier molecular flexibility index (Phi) is 3.11. The molecule has 1 heterocycles. The van der Waals surface area contributed by atoms with Gasteiger partial charge in [0.05, 0.1) is 17.3 Å². The molecule has 0 bridgehead atoms. The molecular formula is C13H11N3O2. The van der Waals surface area contributed by atoms with E-state index in [1.54, 1.807) is 31.2 Å². The lowest BCUT2D eigenvalue weighted by atomic mass is 10.1. The number of carbonyl (C=O) groups excluding carboxylic acids is 1. The summed E-state index contributed by atoms with van der Waals surface area (Å²) in [5, 5.41) is 15.2. The Morgan fingerprint density at radius 2 is 2.17 bits per heavy atom. The molecule has 2 rings (SSSR count). The number of hydrogen-bond acceptors (Lipinski definition) is 4. The number of anilines is 1. The van der Waals surface area contributed by atoms with Crippen LogP contribution in [-0.2, 0) is 0 Å². The van der Waals surface area contributed by atoms with Gasteiger partial charge in [-0.2, -0.15) is 5.26 Å². The largest absolute Gasteiger partial charge is 0.351 e. The monoisotopic (exact) mass is 241 g/mol. The fraction of sp³-hybridized carbons (Fsp3) is 0.154. The van der Waals surface area contributed by atoms with Crippen LogP contribution >= 0.6 is 0 Å². The van der Waals surface area contributed by atoms with Gasteiger partial charge in [-0.25, -0.2) is 0 Å². The van der Waals surface area contributed by atoms with Crippen molar-refractivity contribution in [1.29, 1.82) is 5.26 Å². The predicted molar refractivity (Wildman–Crippen MR) is 65.1 cm³/mol. The van der Waals surface area contributed by atoms with Crippen molar-refractivity contribution in [3.8, 4) is 6.07 Å². The molecule has 1 aromatic heterocycles. The molecule has 5 nitrogen and oxygen atoms in total. The number of aromatic nitrogens is 1. The molecule has 0 spiro atoms. The molecule has 0 atom stereocenters. The Labute approximate surface area is 104 Å². The quantitative estimate of drug-likeness (QED) is 0.875. The third kappa shape index (κ3) is 2.38. The predicted octanol–water partition coefficient (Wildman–Crippen LogP) is 2.42. The first-order valence-electron chi connectivity index (χ1n) is 5.35. The van der Waals surface area contributed by atoms with E-state index < -0.39 is 0 Å². The standard InChI is InChI=1S/C13H11N3O2/c1-8-3-4-10(7-14)6-11(8)15-13(17)12-5-9(2)16-18-12/h3-6H,1-2H3,(H,15,17). The molecule has 0 aliphatic rings. The summed E-state index contributed by atoms with van der Waals surface area (Å²) in [6.45, 7) is 3.59. The Morgan fingerprint density at radius 3 is 2.78 bits per heavy atom. The summed E-state index contributed by atoms with van der Waals surface area (Å²) in [7, 11) is 0. The summed E-state index contributed by atoms with van der Waals surface area (Å²) in [4.78, 5) is 11.9. The molecule has 1 aromatic carbocycles. The molecule has 0 saturated carbocycles. The number of nitrogens with one attached hydrogen (secondary N) is 1. The number of hydrogen-bond donors (Lipinski definition) is 1. The normalized spacial score (nSPS) is 9.83. The average Bonchev–Trinajstić information content (AvgIpc) is 2.79. The maximum Gasteiger partial charge on any atom is 0.294 e. The van der Waals surface area contributed by atoms with E-state index in [1.807, 2.05) is 13.0 Å². The van der Waals surface area contributed by atoms with Gasteiger partial charge in [0, 0.05) is 11.8 Å². The topological polar surface area (TPSA) is 78.9 Å². The van der Waals surface area contributed by atoms with E-state index in [-0.39, 0.29) is 11.7 Å². The van der Waals surface area contributed by atoms with E-state index in [0.29, 0.717) is 16.9 Å². The maximum absolute atomic E-state index is 11.9. The third-order valence-electron chi connectivity index (χ3n) is 2.47. The summed E-state index contributed by atoms with van der Waals surface area (Å²) in [5.74, 6) is -0.233. The van der Waals surface area contributed by atoms with Gasteiger partial charge < -0.3 is 9.84 Å². The van der Waals surface area contributed by atoms with Crippen LogP contribution in [0.25, 0.3) is 0 Å². The van der Waals surface area contributed by atoms with Crippen LogP contribution in [0.2, 0.25) is 0 Å². The van der Waals surface area contributed by atoms with Gasteiger partial charge in [-0.3, -0.25) is 4.79 Å². The minimum absolute atomic E-state index is 0.147. The second kappa shape index (κ2) is 4.72. The molecule has 1 N–H and O–H groups in total. The van der Waals surface area contributed by atoms with Crippen LogP contribution in [0, 0.1) is 25.2 Å². The Hall–Kier alpha value is -2.61. The summed E-state index contributed by atoms with van der Waals surface area (Å²) in [6, 6.07) is 8.68. The first kappa shape index (κ1) is 11.9. The minimum Gasteiger partial charge on any atom is -0.351 e. The van der Waals surface area contributed by atoms with Gasteiger partial charge in [0.25, 0.3) is 5.91 Å². The van der Waals surface area contributed by atoms with Crippen molar-refractivity contribution in [2.75, 3.05) is 5.32 Å². The van der Waals surface area contributed by atoms with Crippen molar-refractivity contribution < 1.29 is 9.32 Å². The maximum atomic E-state index is 11.9. The zero-order valence-electron chi connectivity index (χ0n) is 10.0. The third-order valence-corrected chi connectivity index (χ3v) is 2.47. The number of benzene rings is 1. The Bertz CT molecular complexity index is 638. The van der Waals surface area contributed by atoms with Gasteiger partial charge in [0.1, 0.15) is 0 Å². The average molecular weight is 241 g/mol.